The molecule has 0 radical (unpaired) electrons. The van der Waals surface area contributed by atoms with Crippen molar-refractivity contribution < 1.29 is 4.79 Å². The Morgan fingerprint density at radius 2 is 2.08 bits per heavy atom. The van der Waals surface area contributed by atoms with Gasteiger partial charge in [-0.1, -0.05) is 24.6 Å². The first-order valence-electron chi connectivity index (χ1n) is 8.50. The highest BCUT2D eigenvalue weighted by molar-refractivity contribution is 8.01. The van der Waals surface area contributed by atoms with Crippen LogP contribution in [0.3, 0.4) is 0 Å². The quantitative estimate of drug-likeness (QED) is 0.902. The van der Waals surface area contributed by atoms with E-state index in [1.807, 2.05) is 12.1 Å². The number of hydrogen-bond acceptors (Lipinski definition) is 5. The summed E-state index contributed by atoms with van der Waals surface area (Å²) in [5, 5.41) is 5.76. The molecule has 4 rings (SSSR count). The lowest BCUT2D eigenvalue weighted by molar-refractivity contribution is -0.115. The normalized spacial score (nSPS) is 20.8. The third-order valence-electron chi connectivity index (χ3n) is 4.56. The standard InChI is InChI=1S/C18H21N3OS2/c22-17(16-10-13-6-2-3-7-15(13)24-16)20-18-19-14(12-23-18)11-21-8-4-1-5-9-21/h2-3,6-7,12,16H,1,4-5,8-11H2,(H,19,20,22). The molecule has 1 N–H and O–H groups in total. The average Bonchev–Trinajstić information content (AvgIpc) is 3.22. The summed E-state index contributed by atoms with van der Waals surface area (Å²) in [6, 6.07) is 8.26. The fourth-order valence-corrected chi connectivity index (χ4v) is 5.20. The van der Waals surface area contributed by atoms with Crippen LogP contribution in [0.2, 0.25) is 0 Å². The van der Waals surface area contributed by atoms with E-state index in [0.717, 1.165) is 36.9 Å². The Kier molecular flexibility index (Phi) is 4.87. The fourth-order valence-electron chi connectivity index (χ4n) is 3.30. The number of carbonyl (C=O) groups is 1. The Balaban J connectivity index is 1.33. The molecule has 1 amide bonds. The van der Waals surface area contributed by atoms with E-state index >= 15 is 0 Å². The van der Waals surface area contributed by atoms with Gasteiger partial charge in [-0.15, -0.1) is 23.1 Å². The van der Waals surface area contributed by atoms with Crippen LogP contribution in [0.15, 0.2) is 34.5 Å². The highest BCUT2D eigenvalue weighted by atomic mass is 32.2. The number of piperidine rings is 1. The molecule has 1 unspecified atom stereocenters. The van der Waals surface area contributed by atoms with Gasteiger partial charge in [-0.05, 0) is 44.0 Å². The Hall–Kier alpha value is -1.37. The number of amides is 1. The molecule has 4 nitrogen and oxygen atoms in total. The molecule has 126 valence electrons. The third-order valence-corrected chi connectivity index (χ3v) is 6.68. The first-order valence-corrected chi connectivity index (χ1v) is 10.3. The molecule has 0 saturated carbocycles. The number of fused-ring (bicyclic) bond motifs is 1. The van der Waals surface area contributed by atoms with E-state index in [-0.39, 0.29) is 11.2 Å². The molecule has 24 heavy (non-hydrogen) atoms. The van der Waals surface area contributed by atoms with E-state index < -0.39 is 0 Å². The molecule has 1 atom stereocenters. The molecule has 6 heteroatoms. The maximum absolute atomic E-state index is 12.5. The van der Waals surface area contributed by atoms with Crippen molar-refractivity contribution in [2.45, 2.75) is 42.4 Å². The molecule has 2 aliphatic rings. The van der Waals surface area contributed by atoms with Crippen LogP contribution in [-0.4, -0.2) is 34.1 Å². The SMILES string of the molecule is O=C(Nc1nc(CN2CCCCC2)cs1)C1Cc2ccccc2S1. The van der Waals surface area contributed by atoms with Gasteiger partial charge in [0, 0.05) is 16.8 Å². The third kappa shape index (κ3) is 3.66. The zero-order valence-corrected chi connectivity index (χ0v) is 15.2. The maximum Gasteiger partial charge on any atom is 0.239 e. The fraction of sp³-hybridized carbons (Fsp3) is 0.444. The van der Waals surface area contributed by atoms with E-state index in [9.17, 15) is 4.79 Å². The summed E-state index contributed by atoms with van der Waals surface area (Å²) in [6.45, 7) is 3.22. The highest BCUT2D eigenvalue weighted by Crippen LogP contribution is 2.37. The van der Waals surface area contributed by atoms with Crippen LogP contribution < -0.4 is 5.32 Å². The molecule has 0 bridgehead atoms. The molecule has 0 spiro atoms. The number of nitrogens with zero attached hydrogens (tertiary/aromatic N) is 2. The van der Waals surface area contributed by atoms with Crippen LogP contribution >= 0.6 is 23.1 Å². The minimum atomic E-state index is -0.0446. The molecule has 1 fully saturated rings. The summed E-state index contributed by atoms with van der Waals surface area (Å²) < 4.78 is 0. The zero-order chi connectivity index (χ0) is 16.4. The number of aromatic nitrogens is 1. The van der Waals surface area contributed by atoms with Crippen molar-refractivity contribution in [1.82, 2.24) is 9.88 Å². The number of benzene rings is 1. The molecular weight excluding hydrogens is 338 g/mol. The lowest BCUT2D eigenvalue weighted by Crippen LogP contribution is -2.29. The van der Waals surface area contributed by atoms with Gasteiger partial charge >= 0.3 is 0 Å². The van der Waals surface area contributed by atoms with Gasteiger partial charge in [0.15, 0.2) is 5.13 Å². The Morgan fingerprint density at radius 3 is 2.92 bits per heavy atom. The van der Waals surface area contributed by atoms with Crippen LogP contribution in [0.1, 0.15) is 30.5 Å². The smallest absolute Gasteiger partial charge is 0.239 e. The largest absolute Gasteiger partial charge is 0.301 e. The summed E-state index contributed by atoms with van der Waals surface area (Å²) in [7, 11) is 0. The lowest BCUT2D eigenvalue weighted by Gasteiger charge is -2.25. The highest BCUT2D eigenvalue weighted by Gasteiger charge is 2.28. The molecule has 3 heterocycles. The molecular formula is C18H21N3OS2. The van der Waals surface area contributed by atoms with E-state index in [0.29, 0.717) is 0 Å². The Labute approximate surface area is 150 Å². The first kappa shape index (κ1) is 16.1. The van der Waals surface area contributed by atoms with Crippen LogP contribution in [-0.2, 0) is 17.8 Å². The topological polar surface area (TPSA) is 45.2 Å². The number of hydrogen-bond donors (Lipinski definition) is 1. The average molecular weight is 360 g/mol. The van der Waals surface area contributed by atoms with Crippen molar-refractivity contribution in [3.05, 3.63) is 40.9 Å². The maximum atomic E-state index is 12.5. The second-order valence-corrected chi connectivity index (χ2v) is 8.49. The summed E-state index contributed by atoms with van der Waals surface area (Å²) in [6.07, 6.45) is 4.72. The summed E-state index contributed by atoms with van der Waals surface area (Å²) in [4.78, 5) is 20.8. The van der Waals surface area contributed by atoms with Gasteiger partial charge in [0.25, 0.3) is 0 Å². The van der Waals surface area contributed by atoms with Crippen molar-refractivity contribution in [1.29, 1.82) is 0 Å². The number of carbonyl (C=O) groups excluding carboxylic acids is 1. The van der Waals surface area contributed by atoms with Crippen molar-refractivity contribution in [2.75, 3.05) is 18.4 Å². The Morgan fingerprint density at radius 1 is 1.25 bits per heavy atom. The van der Waals surface area contributed by atoms with Gasteiger partial charge in [-0.3, -0.25) is 9.69 Å². The number of nitrogens with one attached hydrogen (secondary N) is 1. The lowest BCUT2D eigenvalue weighted by atomic mass is 10.1. The number of likely N-dealkylation sites (tertiary alicyclic amines) is 1. The summed E-state index contributed by atoms with van der Waals surface area (Å²) >= 11 is 3.19. The molecule has 2 aromatic rings. The zero-order valence-electron chi connectivity index (χ0n) is 13.5. The van der Waals surface area contributed by atoms with Gasteiger partial charge in [0.1, 0.15) is 0 Å². The Bertz CT molecular complexity index is 700. The molecule has 1 saturated heterocycles. The van der Waals surface area contributed by atoms with Crippen molar-refractivity contribution >= 4 is 34.1 Å². The minimum absolute atomic E-state index is 0.0446. The van der Waals surface area contributed by atoms with E-state index in [1.54, 1.807) is 11.8 Å². The first-order chi connectivity index (χ1) is 11.8. The minimum Gasteiger partial charge on any atom is -0.301 e. The number of thioether (sulfide) groups is 1. The molecule has 1 aromatic carbocycles. The van der Waals surface area contributed by atoms with Crippen molar-refractivity contribution in [3.63, 3.8) is 0 Å². The predicted molar refractivity (Wildman–Crippen MR) is 99.7 cm³/mol. The van der Waals surface area contributed by atoms with E-state index in [4.69, 9.17) is 0 Å². The second-order valence-electron chi connectivity index (χ2n) is 6.39. The number of rotatable bonds is 4. The molecule has 2 aliphatic heterocycles. The van der Waals surface area contributed by atoms with Crippen molar-refractivity contribution in [2.24, 2.45) is 0 Å². The van der Waals surface area contributed by atoms with Crippen LogP contribution in [0.25, 0.3) is 0 Å². The molecule has 0 aliphatic carbocycles. The predicted octanol–water partition coefficient (Wildman–Crippen LogP) is 3.78. The van der Waals surface area contributed by atoms with E-state index in [1.165, 1.54) is 41.1 Å². The van der Waals surface area contributed by atoms with Gasteiger partial charge in [-0.2, -0.15) is 0 Å². The van der Waals surface area contributed by atoms with Crippen LogP contribution in [0.4, 0.5) is 5.13 Å². The van der Waals surface area contributed by atoms with Crippen LogP contribution in [0, 0.1) is 0 Å². The number of thiazole rings is 1. The number of anilines is 1. The van der Waals surface area contributed by atoms with Gasteiger partial charge in [0.05, 0.1) is 10.9 Å². The summed E-state index contributed by atoms with van der Waals surface area (Å²) in [5.74, 6) is 0.0649. The monoisotopic (exact) mass is 359 g/mol. The second kappa shape index (κ2) is 7.25. The van der Waals surface area contributed by atoms with E-state index in [2.05, 4.69) is 32.7 Å². The summed E-state index contributed by atoms with van der Waals surface area (Å²) in [5.41, 5.74) is 2.34. The van der Waals surface area contributed by atoms with Crippen LogP contribution in [0.5, 0.6) is 0 Å². The van der Waals surface area contributed by atoms with Crippen molar-refractivity contribution in [3.8, 4) is 0 Å². The molecule has 1 aromatic heterocycles. The van der Waals surface area contributed by atoms with Gasteiger partial charge in [-0.25, -0.2) is 4.98 Å². The van der Waals surface area contributed by atoms with Gasteiger partial charge in [0.2, 0.25) is 5.91 Å². The van der Waals surface area contributed by atoms with Gasteiger partial charge < -0.3 is 5.32 Å².